The molecule has 1 radical (unpaired) electrons. The predicted molar refractivity (Wildman–Crippen MR) is 289 cm³/mol. The average Bonchev–Trinajstić information content (AvgIpc) is 4.50. The van der Waals surface area contributed by atoms with Gasteiger partial charge in [-0.05, 0) is 80.2 Å². The van der Waals surface area contributed by atoms with Gasteiger partial charge < -0.3 is 62.2 Å². The maximum Gasteiger partial charge on any atom is 0.407 e. The fraction of sp³-hybridized carbons (Fsp3) is 0.579. The first-order chi connectivity index (χ1) is 37.6. The number of hydrogen-bond acceptors (Lipinski definition) is 15. The van der Waals surface area contributed by atoms with Crippen LogP contribution in [0.4, 0.5) is 15.3 Å². The van der Waals surface area contributed by atoms with Gasteiger partial charge in [0.1, 0.15) is 18.2 Å². The summed E-state index contributed by atoms with van der Waals surface area (Å²) in [6, 6.07) is 22.8. The van der Waals surface area contributed by atoms with E-state index in [1.165, 1.54) is 0 Å². The van der Waals surface area contributed by atoms with Gasteiger partial charge >= 0.3 is 12.2 Å². The minimum Gasteiger partial charge on any atom is -0.445 e. The Morgan fingerprint density at radius 3 is 2.08 bits per heavy atom. The van der Waals surface area contributed by atoms with Crippen LogP contribution in [0.1, 0.15) is 86.1 Å². The van der Waals surface area contributed by atoms with E-state index in [1.54, 1.807) is 0 Å². The number of anilines is 1. The molecule has 6 fully saturated rings. The van der Waals surface area contributed by atoms with E-state index >= 15 is 0 Å². The number of alkyl carbamates (subject to hydrolysis) is 2. The van der Waals surface area contributed by atoms with Crippen LogP contribution in [-0.4, -0.2) is 177 Å². The molecule has 3 aromatic rings. The third-order valence-corrected chi connectivity index (χ3v) is 18.0. The van der Waals surface area contributed by atoms with Gasteiger partial charge in [0.05, 0.1) is 55.1 Å². The summed E-state index contributed by atoms with van der Waals surface area (Å²) in [7, 11) is -3.24. The number of fused-ring (bicyclic) bond motifs is 1. The van der Waals surface area contributed by atoms with Gasteiger partial charge in [-0.1, -0.05) is 79.2 Å². The number of aryl methyl sites for hydroxylation is 1. The summed E-state index contributed by atoms with van der Waals surface area (Å²) in [5, 5.41) is 37.9. The van der Waals surface area contributed by atoms with Crippen LogP contribution in [0.3, 0.4) is 0 Å². The third kappa shape index (κ3) is 16.6. The first kappa shape index (κ1) is 60.5. The van der Waals surface area contributed by atoms with Gasteiger partial charge in [-0.3, -0.25) is 24.2 Å². The standard InChI is InChI=1S/C29H36N4O7S.C28H40N3O6.Y/c1-18-7-8-22-23(11-18)31-28(36)27(22)33(15-20-13-26(35)30-14-20)16-25(34)24(12-19-5-3-2-4-6-19)32-29(37)40-21-9-10-41(38,39)17-21;32-25(23(16-20-6-2-1-3-7-20)29-27(34)37-22-10-13-36-19-22)18-31(21-8-4-5-9-21)24-17-28(30-26(24)33)11-14-35-15-12-28;/h2-8,11,20-21,24-25,27,34H,9-10,12-17H2,1H3,(H,30,35)(H,31,36)(H,32,37);1-4,6-7,21-25,32H,5,8-19H2,(H,29,34)(H,30,33);/q;-1;/t20?,21-,24-,25+,27-;21?,22-,23-,24-,25+;/m00./s1. The molecule has 0 aromatic heterocycles. The number of rotatable bonds is 19. The van der Waals surface area contributed by atoms with Gasteiger partial charge in [0, 0.05) is 102 Å². The monoisotopic (exact) mass is 1190 g/mol. The third-order valence-electron chi connectivity index (χ3n) is 16.2. The summed E-state index contributed by atoms with van der Waals surface area (Å²) in [6.07, 6.45) is 5.11. The summed E-state index contributed by atoms with van der Waals surface area (Å²) in [4.78, 5) is 68.1. The molecule has 3 aromatic carbocycles. The van der Waals surface area contributed by atoms with Crippen LogP contribution in [0.25, 0.3) is 0 Å². The molecule has 2 unspecified atom stereocenters. The summed E-state index contributed by atoms with van der Waals surface area (Å²) in [6.45, 7) is 5.42. The average molecular weight is 1190 g/mol. The van der Waals surface area contributed by atoms with E-state index in [0.29, 0.717) is 71.0 Å². The van der Waals surface area contributed by atoms with Crippen LogP contribution >= 0.6 is 0 Å². The number of carbonyl (C=O) groups excluding carboxylic acids is 5. The molecule has 79 heavy (non-hydrogen) atoms. The van der Waals surface area contributed by atoms with E-state index in [0.717, 1.165) is 60.8 Å². The number of carbonyl (C=O) groups is 5. The molecular weight excluding hydrogens is 1110 g/mol. The summed E-state index contributed by atoms with van der Waals surface area (Å²) < 4.78 is 45.5. The van der Waals surface area contributed by atoms with E-state index in [4.69, 9.17) is 18.9 Å². The molecule has 5 amide bonds. The molecule has 22 heteroatoms. The zero-order valence-corrected chi connectivity index (χ0v) is 48.6. The number of nitrogens with one attached hydrogen (secondary N) is 5. The topological polar surface area (TPSA) is 264 Å². The molecule has 20 nitrogen and oxygen atoms in total. The van der Waals surface area contributed by atoms with Crippen LogP contribution in [0, 0.1) is 19.3 Å². The quantitative estimate of drug-likeness (QED) is 0.0850. The Kier molecular flexibility index (Phi) is 21.4. The molecular formula is C57H76N7O13SY-. The number of benzene rings is 3. The minimum absolute atomic E-state index is 0. The molecule has 1 saturated carbocycles. The SMILES string of the molecule is Cc1ccc2c(c1)NC(=O)[C@H]2N(CC1CNC(=O)C1)C[C@@H](O)[C@H](Cc1ccccc1)NC(=O)O[C@H]1CCS(=O)(=O)C1.O=C(N[C@@H](Cc1ccccc1)[C@H](O)CN(C1C[CH-]CC1)[C@H]1CC2(CCOCC2)NC1=O)O[C@H]1CCOC1.[Y]. The number of hydrogen-bond donors (Lipinski definition) is 7. The molecule has 1 spiro atoms. The van der Waals surface area contributed by atoms with Crippen molar-refractivity contribution in [3.8, 4) is 0 Å². The first-order valence-electron chi connectivity index (χ1n) is 27.6. The molecule has 7 N–H and O–H groups in total. The number of sulfone groups is 1. The second kappa shape index (κ2) is 27.9. The normalized spacial score (nSPS) is 26.2. The Morgan fingerprint density at radius 2 is 1.49 bits per heavy atom. The molecule has 5 saturated heterocycles. The number of ether oxygens (including phenoxy) is 4. The molecule has 6 heterocycles. The molecule has 10 atom stereocenters. The van der Waals surface area contributed by atoms with E-state index in [9.17, 15) is 42.6 Å². The van der Waals surface area contributed by atoms with Crippen molar-refractivity contribution < 1.29 is 94.3 Å². The summed E-state index contributed by atoms with van der Waals surface area (Å²) in [5.74, 6) is -0.531. The molecule has 7 aliphatic rings. The fourth-order valence-electron chi connectivity index (χ4n) is 12.1. The van der Waals surface area contributed by atoms with Crippen molar-refractivity contribution >= 4 is 45.4 Å². The van der Waals surface area contributed by atoms with Crippen molar-refractivity contribution in [1.29, 1.82) is 0 Å². The van der Waals surface area contributed by atoms with Crippen molar-refractivity contribution in [3.63, 3.8) is 0 Å². The number of nitrogens with zero attached hydrogens (tertiary/aromatic N) is 2. The van der Waals surface area contributed by atoms with Crippen LogP contribution in [-0.2, 0) is 88.7 Å². The van der Waals surface area contributed by atoms with Gasteiger partial charge in [0.2, 0.25) is 17.7 Å². The zero-order chi connectivity index (χ0) is 54.8. The predicted octanol–water partition coefficient (Wildman–Crippen LogP) is 3.28. The van der Waals surface area contributed by atoms with Gasteiger partial charge in [-0.15, -0.1) is 0 Å². The van der Waals surface area contributed by atoms with Crippen LogP contribution in [0.15, 0.2) is 78.9 Å². The molecule has 427 valence electrons. The van der Waals surface area contributed by atoms with Gasteiger partial charge in [0.25, 0.3) is 0 Å². The molecule has 10 rings (SSSR count). The Labute approximate surface area is 488 Å². The van der Waals surface area contributed by atoms with Crippen LogP contribution in [0.5, 0.6) is 0 Å². The fourth-order valence-corrected chi connectivity index (χ4v) is 13.7. The van der Waals surface area contributed by atoms with Gasteiger partial charge in [-0.25, -0.2) is 18.0 Å². The summed E-state index contributed by atoms with van der Waals surface area (Å²) in [5.41, 5.74) is 4.17. The van der Waals surface area contributed by atoms with Crippen LogP contribution < -0.4 is 26.6 Å². The van der Waals surface area contributed by atoms with Crippen molar-refractivity contribution in [1.82, 2.24) is 31.1 Å². The maximum absolute atomic E-state index is 13.3. The van der Waals surface area contributed by atoms with E-state index in [-0.39, 0.29) is 111 Å². The Morgan fingerprint density at radius 1 is 0.835 bits per heavy atom. The first-order valence-corrected chi connectivity index (χ1v) is 29.5. The molecule has 6 aliphatic heterocycles. The number of aliphatic hydroxyl groups is 2. The van der Waals surface area contributed by atoms with E-state index in [2.05, 4.69) is 37.9 Å². The van der Waals surface area contributed by atoms with Gasteiger partial charge in [-0.2, -0.15) is 12.8 Å². The van der Waals surface area contributed by atoms with Gasteiger partial charge in [0.15, 0.2) is 9.84 Å². The van der Waals surface area contributed by atoms with Crippen molar-refractivity contribution in [3.05, 3.63) is 108 Å². The largest absolute Gasteiger partial charge is 0.445 e. The van der Waals surface area contributed by atoms with Crippen LogP contribution in [0.2, 0.25) is 0 Å². The second-order valence-corrected chi connectivity index (χ2v) is 24.4. The number of amides is 5. The van der Waals surface area contributed by atoms with Crippen molar-refractivity contribution in [2.45, 2.75) is 138 Å². The molecule has 1 aliphatic carbocycles. The number of aliphatic hydroxyl groups excluding tert-OH is 2. The smallest absolute Gasteiger partial charge is 0.407 e. The van der Waals surface area contributed by atoms with E-state index < -0.39 is 58.5 Å². The maximum atomic E-state index is 13.3. The zero-order valence-electron chi connectivity index (χ0n) is 45.0. The Hall–Kier alpha value is -4.58. The Balaban J connectivity index is 0.000000206. The van der Waals surface area contributed by atoms with Crippen molar-refractivity contribution in [2.24, 2.45) is 5.92 Å². The minimum atomic E-state index is -3.24. The Bertz CT molecular complexity index is 2660. The van der Waals surface area contributed by atoms with Crippen molar-refractivity contribution in [2.75, 3.05) is 69.4 Å². The summed E-state index contributed by atoms with van der Waals surface area (Å²) >= 11 is 0. The second-order valence-electron chi connectivity index (χ2n) is 22.2. The van der Waals surface area contributed by atoms with E-state index in [1.807, 2.05) is 90.7 Å². The molecule has 0 bridgehead atoms.